The Morgan fingerprint density at radius 2 is 2.25 bits per heavy atom. The molecule has 46 valence electrons. The van der Waals surface area contributed by atoms with Gasteiger partial charge in [0.1, 0.15) is 5.50 Å². The minimum atomic E-state index is 0.127. The monoisotopic (exact) mass is 151 g/mol. The number of piperidine rings is 1. The van der Waals surface area contributed by atoms with Crippen LogP contribution in [-0.4, -0.2) is 16.5 Å². The van der Waals surface area contributed by atoms with Crippen molar-refractivity contribution in [1.29, 1.82) is 0 Å². The van der Waals surface area contributed by atoms with E-state index >= 15 is 0 Å². The molecular weight excluding hydrogens is 145 g/mol. The summed E-state index contributed by atoms with van der Waals surface area (Å²) >= 11 is 11.5. The van der Waals surface area contributed by atoms with Crippen molar-refractivity contribution >= 4 is 23.4 Å². The summed E-state index contributed by atoms with van der Waals surface area (Å²) in [5, 5.41) is 0. The first-order valence-electron chi connectivity index (χ1n) is 2.85. The summed E-state index contributed by atoms with van der Waals surface area (Å²) < 4.78 is 1.71. The standard InChI is InChI=1S/C5H7Cl2N/c6-5-4-1-3(4)2-8(5)7/h3-5H,1-2H2. The zero-order chi connectivity index (χ0) is 5.72. The van der Waals surface area contributed by atoms with Crippen molar-refractivity contribution in [3.05, 3.63) is 0 Å². The Kier molecular flexibility index (Phi) is 1.02. The lowest BCUT2D eigenvalue weighted by atomic mass is 10.4. The van der Waals surface area contributed by atoms with Crippen molar-refractivity contribution in [3.8, 4) is 0 Å². The van der Waals surface area contributed by atoms with E-state index < -0.39 is 0 Å². The van der Waals surface area contributed by atoms with E-state index in [0.29, 0.717) is 5.92 Å². The highest BCUT2D eigenvalue weighted by Crippen LogP contribution is 2.51. The molecule has 0 aromatic carbocycles. The van der Waals surface area contributed by atoms with Crippen molar-refractivity contribution in [3.63, 3.8) is 0 Å². The molecule has 1 saturated carbocycles. The number of halogens is 2. The van der Waals surface area contributed by atoms with Crippen LogP contribution in [0.3, 0.4) is 0 Å². The second-order valence-corrected chi connectivity index (χ2v) is 3.50. The maximum atomic E-state index is 5.85. The predicted molar refractivity (Wildman–Crippen MR) is 33.8 cm³/mol. The van der Waals surface area contributed by atoms with E-state index in [1.54, 1.807) is 4.42 Å². The second-order valence-electron chi connectivity index (χ2n) is 2.61. The summed E-state index contributed by atoms with van der Waals surface area (Å²) in [7, 11) is 0. The molecule has 1 aliphatic heterocycles. The number of hydrogen-bond donors (Lipinski definition) is 0. The largest absolute Gasteiger partial charge is 0.202 e. The Bertz CT molecular complexity index is 115. The zero-order valence-electron chi connectivity index (χ0n) is 4.35. The summed E-state index contributed by atoms with van der Waals surface area (Å²) in [6, 6.07) is 0. The van der Waals surface area contributed by atoms with Crippen LogP contribution in [0.5, 0.6) is 0 Å². The number of alkyl halides is 1. The molecule has 0 bridgehead atoms. The lowest BCUT2D eigenvalue weighted by Crippen LogP contribution is -2.17. The molecular formula is C5H7Cl2N. The van der Waals surface area contributed by atoms with Crippen LogP contribution in [0.4, 0.5) is 0 Å². The molecule has 0 amide bonds. The van der Waals surface area contributed by atoms with Crippen LogP contribution in [0.1, 0.15) is 6.42 Å². The van der Waals surface area contributed by atoms with Crippen LogP contribution in [0, 0.1) is 11.8 Å². The van der Waals surface area contributed by atoms with Gasteiger partial charge >= 0.3 is 0 Å². The molecule has 0 N–H and O–H groups in total. The third-order valence-electron chi connectivity index (χ3n) is 2.01. The third-order valence-corrected chi connectivity index (χ3v) is 3.01. The molecule has 1 heterocycles. The molecule has 1 saturated heterocycles. The third kappa shape index (κ3) is 0.584. The molecule has 8 heavy (non-hydrogen) atoms. The molecule has 2 aliphatic rings. The first-order chi connectivity index (χ1) is 3.79. The molecule has 3 atom stereocenters. The first-order valence-corrected chi connectivity index (χ1v) is 3.63. The molecule has 3 heteroatoms. The van der Waals surface area contributed by atoms with E-state index in [1.807, 2.05) is 0 Å². The molecule has 3 unspecified atom stereocenters. The van der Waals surface area contributed by atoms with Gasteiger partial charge in [-0.05, 0) is 30.0 Å². The number of hydrogen-bond acceptors (Lipinski definition) is 1. The number of nitrogens with zero attached hydrogens (tertiary/aromatic N) is 1. The van der Waals surface area contributed by atoms with E-state index in [4.69, 9.17) is 23.4 Å². The highest BCUT2D eigenvalue weighted by atomic mass is 35.5. The van der Waals surface area contributed by atoms with Crippen LogP contribution < -0.4 is 0 Å². The van der Waals surface area contributed by atoms with Crippen LogP contribution in [0.15, 0.2) is 0 Å². The fraction of sp³-hybridized carbons (Fsp3) is 1.00. The van der Waals surface area contributed by atoms with Crippen LogP contribution in [0.25, 0.3) is 0 Å². The average molecular weight is 152 g/mol. The summed E-state index contributed by atoms with van der Waals surface area (Å²) in [6.07, 6.45) is 1.30. The smallest absolute Gasteiger partial charge is 0.102 e. The van der Waals surface area contributed by atoms with Crippen LogP contribution in [-0.2, 0) is 0 Å². The zero-order valence-corrected chi connectivity index (χ0v) is 5.86. The van der Waals surface area contributed by atoms with Crippen LogP contribution >= 0.6 is 23.4 Å². The minimum Gasteiger partial charge on any atom is -0.202 e. The molecule has 0 radical (unpaired) electrons. The van der Waals surface area contributed by atoms with Gasteiger partial charge in [-0.15, -0.1) is 11.6 Å². The van der Waals surface area contributed by atoms with Gasteiger partial charge in [-0.1, -0.05) is 0 Å². The highest BCUT2D eigenvalue weighted by molar-refractivity contribution is 6.25. The van der Waals surface area contributed by atoms with Gasteiger partial charge in [0.05, 0.1) is 0 Å². The lowest BCUT2D eigenvalue weighted by molar-refractivity contribution is 0.462. The fourth-order valence-electron chi connectivity index (χ4n) is 1.35. The molecule has 2 fully saturated rings. The second kappa shape index (κ2) is 1.53. The topological polar surface area (TPSA) is 3.24 Å². The highest BCUT2D eigenvalue weighted by Gasteiger charge is 2.51. The van der Waals surface area contributed by atoms with Gasteiger partial charge in [-0.3, -0.25) is 0 Å². The summed E-state index contributed by atoms with van der Waals surface area (Å²) in [6.45, 7) is 1.00. The summed E-state index contributed by atoms with van der Waals surface area (Å²) in [5.74, 6) is 1.55. The maximum absolute atomic E-state index is 5.85. The van der Waals surface area contributed by atoms with Gasteiger partial charge in [0, 0.05) is 6.54 Å². The van der Waals surface area contributed by atoms with Gasteiger partial charge in [0.2, 0.25) is 0 Å². The quantitative estimate of drug-likeness (QED) is 0.290. The molecule has 2 rings (SSSR count). The fourth-order valence-corrected chi connectivity index (χ4v) is 2.06. The number of rotatable bonds is 0. The normalized spacial score (nSPS) is 54.0. The number of fused-ring (bicyclic) bond motifs is 1. The van der Waals surface area contributed by atoms with Gasteiger partial charge < -0.3 is 0 Å². The van der Waals surface area contributed by atoms with E-state index in [0.717, 1.165) is 12.5 Å². The molecule has 0 spiro atoms. The molecule has 1 aliphatic carbocycles. The van der Waals surface area contributed by atoms with E-state index in [-0.39, 0.29) is 5.50 Å². The van der Waals surface area contributed by atoms with E-state index in [2.05, 4.69) is 0 Å². The SMILES string of the molecule is ClC1C2CC2CN1Cl. The van der Waals surface area contributed by atoms with Crippen molar-refractivity contribution in [2.75, 3.05) is 6.54 Å². The Hall–Kier alpha value is 0.540. The summed E-state index contributed by atoms with van der Waals surface area (Å²) in [5.41, 5.74) is 0.127. The van der Waals surface area contributed by atoms with Gasteiger partial charge in [-0.2, -0.15) is 0 Å². The average Bonchev–Trinajstić information content (AvgIpc) is 2.39. The first kappa shape index (κ1) is 5.33. The van der Waals surface area contributed by atoms with Gasteiger partial charge in [0.25, 0.3) is 0 Å². The van der Waals surface area contributed by atoms with Gasteiger partial charge in [-0.25, -0.2) is 4.42 Å². The van der Waals surface area contributed by atoms with Gasteiger partial charge in [0.15, 0.2) is 0 Å². The van der Waals surface area contributed by atoms with Crippen molar-refractivity contribution in [1.82, 2.24) is 4.42 Å². The molecule has 0 aromatic heterocycles. The maximum Gasteiger partial charge on any atom is 0.102 e. The van der Waals surface area contributed by atoms with Crippen LogP contribution in [0.2, 0.25) is 0 Å². The Morgan fingerprint density at radius 3 is 2.50 bits per heavy atom. The van der Waals surface area contributed by atoms with Crippen molar-refractivity contribution in [2.24, 2.45) is 11.8 Å². The Balaban J connectivity index is 2.08. The van der Waals surface area contributed by atoms with E-state index in [1.165, 1.54) is 6.42 Å². The van der Waals surface area contributed by atoms with Crippen molar-refractivity contribution < 1.29 is 0 Å². The predicted octanol–water partition coefficient (Wildman–Crippen LogP) is 1.66. The Labute approximate surface area is 58.7 Å². The lowest BCUT2D eigenvalue weighted by Gasteiger charge is -2.10. The Morgan fingerprint density at radius 1 is 1.50 bits per heavy atom. The minimum absolute atomic E-state index is 0.127. The summed E-state index contributed by atoms with van der Waals surface area (Å²) in [4.78, 5) is 0. The van der Waals surface area contributed by atoms with E-state index in [9.17, 15) is 0 Å². The molecule has 0 aromatic rings. The molecule has 1 nitrogen and oxygen atoms in total. The van der Waals surface area contributed by atoms with Crippen molar-refractivity contribution in [2.45, 2.75) is 11.9 Å².